The van der Waals surface area contributed by atoms with Crippen LogP contribution in [0.3, 0.4) is 0 Å². The number of halogens is 1. The number of nitrogens with one attached hydrogen (secondary N) is 1. The van der Waals surface area contributed by atoms with Crippen molar-refractivity contribution in [2.45, 2.75) is 24.4 Å². The summed E-state index contributed by atoms with van der Waals surface area (Å²) in [5.74, 6) is 2.00. The molecule has 1 heterocycles. The van der Waals surface area contributed by atoms with Gasteiger partial charge in [-0.15, -0.1) is 0 Å². The van der Waals surface area contributed by atoms with Gasteiger partial charge in [-0.05, 0) is 30.4 Å². The number of alkyl halides is 1. The molecule has 0 unspecified atom stereocenters. The molecular weight excluding hydrogens is 324 g/mol. The number of hydrogen-bond acceptors (Lipinski definition) is 3. The van der Waals surface area contributed by atoms with Gasteiger partial charge in [-0.1, -0.05) is 34.1 Å². The summed E-state index contributed by atoms with van der Waals surface area (Å²) in [5, 5.41) is 2.11. The normalized spacial score (nSPS) is 17.4. The van der Waals surface area contributed by atoms with Gasteiger partial charge in [0, 0.05) is 17.1 Å². The molecule has 0 saturated heterocycles. The second-order valence-corrected chi connectivity index (χ2v) is 6.73. The second-order valence-electron chi connectivity index (χ2n) is 5.20. The average Bonchev–Trinajstić information content (AvgIpc) is 2.79. The highest BCUT2D eigenvalue weighted by Crippen LogP contribution is 2.45. The van der Waals surface area contributed by atoms with Crippen molar-refractivity contribution >= 4 is 38.7 Å². The largest absolute Gasteiger partial charge is 0.497 e. The van der Waals surface area contributed by atoms with E-state index in [9.17, 15) is 0 Å². The van der Waals surface area contributed by atoms with E-state index in [0.717, 1.165) is 33.0 Å². The van der Waals surface area contributed by atoms with Crippen molar-refractivity contribution in [3.63, 3.8) is 0 Å². The minimum absolute atomic E-state index is 0.487. The molecule has 2 aromatic rings. The van der Waals surface area contributed by atoms with Crippen molar-refractivity contribution in [3.05, 3.63) is 18.2 Å². The van der Waals surface area contributed by atoms with Crippen LogP contribution in [0.15, 0.2) is 23.4 Å². The van der Waals surface area contributed by atoms with Crippen molar-refractivity contribution in [2.24, 2.45) is 5.41 Å². The minimum atomic E-state index is 0.487. The third kappa shape index (κ3) is 2.63. The van der Waals surface area contributed by atoms with Crippen LogP contribution in [0.1, 0.15) is 19.3 Å². The number of rotatable bonds is 5. The highest BCUT2D eigenvalue weighted by Gasteiger charge is 2.35. The summed E-state index contributed by atoms with van der Waals surface area (Å²) < 4.78 is 5.23. The number of ether oxygens (including phenoxy) is 1. The Balaban J connectivity index is 1.74. The molecule has 1 aromatic heterocycles. The van der Waals surface area contributed by atoms with Gasteiger partial charge in [0.1, 0.15) is 5.75 Å². The number of nitrogens with zero attached hydrogens (tertiary/aromatic N) is 1. The lowest BCUT2D eigenvalue weighted by Crippen LogP contribution is -2.33. The lowest BCUT2D eigenvalue weighted by atomic mass is 9.72. The molecule has 0 spiro atoms. The number of H-pyrrole nitrogens is 1. The molecule has 1 aliphatic rings. The number of fused-ring (bicyclic) bond motifs is 1. The van der Waals surface area contributed by atoms with Crippen LogP contribution >= 0.6 is 27.7 Å². The molecular formula is C14H17BrN2OS. The molecule has 102 valence electrons. The second kappa shape index (κ2) is 5.37. The molecule has 3 rings (SSSR count). The molecule has 0 aliphatic heterocycles. The fourth-order valence-corrected chi connectivity index (χ4v) is 4.58. The summed E-state index contributed by atoms with van der Waals surface area (Å²) in [4.78, 5) is 7.99. The van der Waals surface area contributed by atoms with Crippen molar-refractivity contribution in [2.75, 3.05) is 18.2 Å². The standard InChI is InChI=1S/C14H17BrN2OS/c1-18-10-3-4-11-12(7-10)17-13(16-11)19-9-14(8-15)5-2-6-14/h3-4,7H,2,5-6,8-9H2,1H3,(H,16,17). The molecule has 0 bridgehead atoms. The Kier molecular flexibility index (Phi) is 3.76. The van der Waals surface area contributed by atoms with Gasteiger partial charge >= 0.3 is 0 Å². The first-order chi connectivity index (χ1) is 9.24. The molecule has 1 aromatic carbocycles. The molecule has 1 N–H and O–H groups in total. The average molecular weight is 341 g/mol. The highest BCUT2D eigenvalue weighted by molar-refractivity contribution is 9.09. The van der Waals surface area contributed by atoms with Gasteiger partial charge in [-0.3, -0.25) is 0 Å². The maximum absolute atomic E-state index is 5.23. The summed E-state index contributed by atoms with van der Waals surface area (Å²) >= 11 is 5.48. The van der Waals surface area contributed by atoms with E-state index in [-0.39, 0.29) is 0 Å². The summed E-state index contributed by atoms with van der Waals surface area (Å²) in [7, 11) is 1.68. The summed E-state index contributed by atoms with van der Waals surface area (Å²) in [5.41, 5.74) is 2.54. The zero-order chi connectivity index (χ0) is 13.3. The first-order valence-corrected chi connectivity index (χ1v) is 8.58. The summed E-state index contributed by atoms with van der Waals surface area (Å²) in [6, 6.07) is 5.94. The maximum atomic E-state index is 5.23. The predicted molar refractivity (Wildman–Crippen MR) is 83.4 cm³/mol. The predicted octanol–water partition coefficient (Wildman–Crippen LogP) is 4.23. The van der Waals surface area contributed by atoms with Crippen LogP contribution in [0, 0.1) is 5.41 Å². The smallest absolute Gasteiger partial charge is 0.166 e. The molecule has 0 atom stereocenters. The van der Waals surface area contributed by atoms with Crippen LogP contribution in [0.5, 0.6) is 5.75 Å². The first kappa shape index (κ1) is 13.3. The van der Waals surface area contributed by atoms with Crippen molar-refractivity contribution in [1.82, 2.24) is 9.97 Å². The Morgan fingerprint density at radius 1 is 1.47 bits per heavy atom. The van der Waals surface area contributed by atoms with Crippen LogP contribution in [0.25, 0.3) is 11.0 Å². The molecule has 3 nitrogen and oxygen atoms in total. The van der Waals surface area contributed by atoms with Crippen LogP contribution in [0.2, 0.25) is 0 Å². The molecule has 5 heteroatoms. The van der Waals surface area contributed by atoms with Gasteiger partial charge in [-0.2, -0.15) is 0 Å². The number of thioether (sulfide) groups is 1. The zero-order valence-corrected chi connectivity index (χ0v) is 13.3. The van der Waals surface area contributed by atoms with Gasteiger partial charge in [0.25, 0.3) is 0 Å². The van der Waals surface area contributed by atoms with Crippen molar-refractivity contribution < 1.29 is 4.74 Å². The van der Waals surface area contributed by atoms with Gasteiger partial charge in [0.05, 0.1) is 18.1 Å². The van der Waals surface area contributed by atoms with Gasteiger partial charge in [0.15, 0.2) is 5.16 Å². The summed E-state index contributed by atoms with van der Waals surface area (Å²) in [6.45, 7) is 0. The number of benzene rings is 1. The number of imidazole rings is 1. The van der Waals surface area contributed by atoms with Crippen LogP contribution < -0.4 is 4.74 Å². The maximum Gasteiger partial charge on any atom is 0.166 e. The lowest BCUT2D eigenvalue weighted by molar-refractivity contribution is 0.206. The van der Waals surface area contributed by atoms with Gasteiger partial charge < -0.3 is 9.72 Å². The Morgan fingerprint density at radius 2 is 2.32 bits per heavy atom. The number of hydrogen-bond donors (Lipinski definition) is 1. The topological polar surface area (TPSA) is 37.9 Å². The van der Waals surface area contributed by atoms with E-state index in [0.29, 0.717) is 5.41 Å². The highest BCUT2D eigenvalue weighted by atomic mass is 79.9. The third-order valence-electron chi connectivity index (χ3n) is 3.88. The van der Waals surface area contributed by atoms with Crippen LogP contribution in [-0.4, -0.2) is 28.2 Å². The molecule has 0 radical (unpaired) electrons. The zero-order valence-electron chi connectivity index (χ0n) is 10.9. The lowest BCUT2D eigenvalue weighted by Gasteiger charge is -2.40. The fourth-order valence-electron chi connectivity index (χ4n) is 2.38. The first-order valence-electron chi connectivity index (χ1n) is 6.47. The number of methoxy groups -OCH3 is 1. The van der Waals surface area contributed by atoms with Crippen LogP contribution in [-0.2, 0) is 0 Å². The van der Waals surface area contributed by atoms with E-state index in [1.807, 2.05) is 30.0 Å². The SMILES string of the molecule is COc1ccc2nc(SCC3(CBr)CCC3)[nH]c2c1. The van der Waals surface area contributed by atoms with E-state index in [1.165, 1.54) is 19.3 Å². The van der Waals surface area contributed by atoms with Crippen LogP contribution in [0.4, 0.5) is 0 Å². The van der Waals surface area contributed by atoms with Crippen molar-refractivity contribution in [1.29, 1.82) is 0 Å². The van der Waals surface area contributed by atoms with E-state index >= 15 is 0 Å². The third-order valence-corrected chi connectivity index (χ3v) is 6.29. The van der Waals surface area contributed by atoms with E-state index in [1.54, 1.807) is 7.11 Å². The van der Waals surface area contributed by atoms with Crippen molar-refractivity contribution in [3.8, 4) is 5.75 Å². The molecule has 0 amide bonds. The van der Waals surface area contributed by atoms with Gasteiger partial charge in [0.2, 0.25) is 0 Å². The van der Waals surface area contributed by atoms with E-state index in [2.05, 4.69) is 25.9 Å². The Bertz CT molecular complexity index is 574. The Labute approximate surface area is 125 Å². The molecule has 19 heavy (non-hydrogen) atoms. The molecule has 1 aliphatic carbocycles. The Hall–Kier alpha value is -0.680. The Morgan fingerprint density at radius 3 is 2.95 bits per heavy atom. The molecule has 1 fully saturated rings. The van der Waals surface area contributed by atoms with Gasteiger partial charge in [-0.25, -0.2) is 4.98 Å². The quantitative estimate of drug-likeness (QED) is 0.653. The summed E-state index contributed by atoms with van der Waals surface area (Å²) in [6.07, 6.45) is 4.03. The number of aromatic amines is 1. The van der Waals surface area contributed by atoms with E-state index < -0.39 is 0 Å². The monoisotopic (exact) mass is 340 g/mol. The fraction of sp³-hybridized carbons (Fsp3) is 0.500. The van der Waals surface area contributed by atoms with E-state index in [4.69, 9.17) is 4.74 Å². The molecule has 1 saturated carbocycles. The minimum Gasteiger partial charge on any atom is -0.497 e. The number of aromatic nitrogens is 2.